The summed E-state index contributed by atoms with van der Waals surface area (Å²) in [7, 11) is -2.09. The maximum absolute atomic E-state index is 13.8. The fourth-order valence-electron chi connectivity index (χ4n) is 2.28. The van der Waals surface area contributed by atoms with Crippen molar-refractivity contribution in [2.45, 2.75) is 11.4 Å². The summed E-state index contributed by atoms with van der Waals surface area (Å²) in [4.78, 5) is 13.3. The van der Waals surface area contributed by atoms with E-state index in [9.17, 15) is 17.6 Å². The molecule has 0 aromatic heterocycles. The van der Waals surface area contributed by atoms with Crippen molar-refractivity contribution in [3.63, 3.8) is 0 Å². The van der Waals surface area contributed by atoms with Crippen LogP contribution in [0.25, 0.3) is 0 Å². The van der Waals surface area contributed by atoms with Crippen molar-refractivity contribution < 1.29 is 17.6 Å². The molecule has 0 saturated carbocycles. The summed E-state index contributed by atoms with van der Waals surface area (Å²) in [5.74, 6) is -1.07. The Balaban J connectivity index is 2.06. The molecule has 0 radical (unpaired) electrons. The quantitative estimate of drug-likeness (QED) is 0.868. The molecule has 2 aromatic carbocycles. The first-order valence-corrected chi connectivity index (χ1v) is 9.18. The molecule has 7 heteroatoms. The third-order valence-electron chi connectivity index (χ3n) is 3.46. The molecule has 0 aliphatic rings. The number of amides is 1. The monoisotopic (exact) mass is 350 g/mol. The topological polar surface area (TPSA) is 66.5 Å². The van der Waals surface area contributed by atoms with Gasteiger partial charge >= 0.3 is 0 Å². The molecule has 5 nitrogen and oxygen atoms in total. The van der Waals surface area contributed by atoms with E-state index in [2.05, 4.69) is 5.32 Å². The number of hydrogen-bond donors (Lipinski definition) is 1. The van der Waals surface area contributed by atoms with Crippen LogP contribution in [0.1, 0.15) is 5.56 Å². The molecule has 24 heavy (non-hydrogen) atoms. The Hall–Kier alpha value is -2.41. The van der Waals surface area contributed by atoms with Crippen LogP contribution in [0.4, 0.5) is 10.1 Å². The number of nitrogens with zero attached hydrogens (tertiary/aromatic N) is 1. The first kappa shape index (κ1) is 17.9. The van der Waals surface area contributed by atoms with Gasteiger partial charge < -0.3 is 10.2 Å². The van der Waals surface area contributed by atoms with E-state index >= 15 is 0 Å². The Labute approximate surface area is 141 Å². The normalized spacial score (nSPS) is 11.1. The standard InChI is InChI=1S/C17H19FN2O3S/c1-20(12-13-7-4-3-5-8-13)16(21)11-19-15-10-6-9-14(18)17(15)24(2,22)23/h3-10,19H,11-12H2,1-2H3. The highest BCUT2D eigenvalue weighted by Crippen LogP contribution is 2.24. The van der Waals surface area contributed by atoms with E-state index < -0.39 is 20.5 Å². The highest BCUT2D eigenvalue weighted by molar-refractivity contribution is 7.90. The van der Waals surface area contributed by atoms with E-state index in [1.54, 1.807) is 7.05 Å². The second-order valence-corrected chi connectivity index (χ2v) is 7.43. The minimum absolute atomic E-state index is 0.0824. The zero-order chi connectivity index (χ0) is 17.7. The first-order valence-electron chi connectivity index (χ1n) is 7.29. The third kappa shape index (κ3) is 4.55. The van der Waals surface area contributed by atoms with Gasteiger partial charge in [0.15, 0.2) is 9.84 Å². The summed E-state index contributed by atoms with van der Waals surface area (Å²) < 4.78 is 37.2. The van der Waals surface area contributed by atoms with Crippen molar-refractivity contribution in [2.24, 2.45) is 0 Å². The van der Waals surface area contributed by atoms with Gasteiger partial charge in [0.1, 0.15) is 10.7 Å². The van der Waals surface area contributed by atoms with Gasteiger partial charge in [-0.05, 0) is 17.7 Å². The molecule has 0 fully saturated rings. The van der Waals surface area contributed by atoms with Crippen molar-refractivity contribution in [3.05, 3.63) is 59.9 Å². The van der Waals surface area contributed by atoms with E-state index in [-0.39, 0.29) is 18.1 Å². The van der Waals surface area contributed by atoms with Gasteiger partial charge in [0, 0.05) is 19.8 Å². The maximum atomic E-state index is 13.8. The van der Waals surface area contributed by atoms with Gasteiger partial charge in [0.25, 0.3) is 0 Å². The zero-order valence-corrected chi connectivity index (χ0v) is 14.3. The minimum atomic E-state index is -3.74. The van der Waals surface area contributed by atoms with Crippen LogP contribution in [-0.4, -0.2) is 39.1 Å². The summed E-state index contributed by atoms with van der Waals surface area (Å²) in [6.45, 7) is 0.304. The van der Waals surface area contributed by atoms with Crippen molar-refractivity contribution >= 4 is 21.4 Å². The first-order chi connectivity index (χ1) is 11.3. The van der Waals surface area contributed by atoms with Crippen LogP contribution in [0, 0.1) is 5.82 Å². The summed E-state index contributed by atoms with van der Waals surface area (Å²) in [6, 6.07) is 13.4. The minimum Gasteiger partial charge on any atom is -0.375 e. The van der Waals surface area contributed by atoms with Crippen molar-refractivity contribution in [3.8, 4) is 0 Å². The largest absolute Gasteiger partial charge is 0.375 e. The summed E-state index contributed by atoms with van der Waals surface area (Å²) in [6.07, 6.45) is 0.930. The van der Waals surface area contributed by atoms with Crippen LogP contribution < -0.4 is 5.32 Å². The number of halogens is 1. The number of carbonyl (C=O) groups is 1. The van der Waals surface area contributed by atoms with E-state index in [0.717, 1.165) is 17.9 Å². The lowest BCUT2D eigenvalue weighted by atomic mass is 10.2. The summed E-state index contributed by atoms with van der Waals surface area (Å²) in [5, 5.41) is 2.72. The van der Waals surface area contributed by atoms with Crippen molar-refractivity contribution in [1.29, 1.82) is 0 Å². The predicted molar refractivity (Wildman–Crippen MR) is 90.9 cm³/mol. The molecule has 0 heterocycles. The van der Waals surface area contributed by atoms with E-state index in [0.29, 0.717) is 6.54 Å². The fourth-order valence-corrected chi connectivity index (χ4v) is 3.24. The average molecular weight is 350 g/mol. The molecular weight excluding hydrogens is 331 g/mol. The summed E-state index contributed by atoms with van der Waals surface area (Å²) >= 11 is 0. The molecular formula is C17H19FN2O3S. The molecule has 0 aliphatic heterocycles. The number of sulfone groups is 1. The Morgan fingerprint density at radius 3 is 2.42 bits per heavy atom. The molecule has 0 bridgehead atoms. The van der Waals surface area contributed by atoms with Crippen LogP contribution in [-0.2, 0) is 21.2 Å². The third-order valence-corrected chi connectivity index (χ3v) is 4.61. The smallest absolute Gasteiger partial charge is 0.241 e. The number of nitrogens with one attached hydrogen (secondary N) is 1. The summed E-state index contributed by atoms with van der Waals surface area (Å²) in [5.41, 5.74) is 1.06. The molecule has 1 N–H and O–H groups in total. The molecule has 128 valence electrons. The van der Waals surface area contributed by atoms with Crippen LogP contribution in [0.2, 0.25) is 0 Å². The fraction of sp³-hybridized carbons (Fsp3) is 0.235. The van der Waals surface area contributed by atoms with Gasteiger partial charge in [-0.25, -0.2) is 12.8 Å². The van der Waals surface area contributed by atoms with Crippen LogP contribution in [0.5, 0.6) is 0 Å². The maximum Gasteiger partial charge on any atom is 0.241 e. The van der Waals surface area contributed by atoms with Crippen LogP contribution in [0.15, 0.2) is 53.4 Å². The molecule has 0 aliphatic carbocycles. The van der Waals surface area contributed by atoms with E-state index in [4.69, 9.17) is 0 Å². The Morgan fingerprint density at radius 2 is 1.79 bits per heavy atom. The Bertz CT molecular complexity index is 823. The van der Waals surface area contributed by atoms with Gasteiger partial charge in [-0.2, -0.15) is 0 Å². The average Bonchev–Trinajstić information content (AvgIpc) is 2.52. The van der Waals surface area contributed by atoms with Gasteiger partial charge in [-0.15, -0.1) is 0 Å². The lowest BCUT2D eigenvalue weighted by molar-refractivity contribution is -0.128. The Morgan fingerprint density at radius 1 is 1.12 bits per heavy atom. The van der Waals surface area contributed by atoms with Crippen molar-refractivity contribution in [2.75, 3.05) is 25.2 Å². The van der Waals surface area contributed by atoms with Crippen LogP contribution >= 0.6 is 0 Å². The van der Waals surface area contributed by atoms with Crippen molar-refractivity contribution in [1.82, 2.24) is 4.90 Å². The highest BCUT2D eigenvalue weighted by Gasteiger charge is 2.19. The molecule has 0 atom stereocenters. The molecule has 2 rings (SSSR count). The Kier molecular flexibility index (Phi) is 5.56. The molecule has 0 unspecified atom stereocenters. The van der Waals surface area contributed by atoms with E-state index in [1.807, 2.05) is 30.3 Å². The SMILES string of the molecule is CN(Cc1ccccc1)C(=O)CNc1cccc(F)c1S(C)(=O)=O. The molecule has 0 saturated heterocycles. The number of likely N-dealkylation sites (N-methyl/N-ethyl adjacent to an activating group) is 1. The molecule has 0 spiro atoms. The second-order valence-electron chi connectivity index (χ2n) is 5.48. The number of rotatable bonds is 6. The number of anilines is 1. The number of carbonyl (C=O) groups excluding carboxylic acids is 1. The number of hydrogen-bond acceptors (Lipinski definition) is 4. The van der Waals surface area contributed by atoms with Gasteiger partial charge in [0.05, 0.1) is 12.2 Å². The second kappa shape index (κ2) is 7.44. The molecule has 2 aromatic rings. The van der Waals surface area contributed by atoms with Crippen LogP contribution in [0.3, 0.4) is 0 Å². The lowest BCUT2D eigenvalue weighted by Gasteiger charge is -2.18. The van der Waals surface area contributed by atoms with Gasteiger partial charge in [-0.1, -0.05) is 36.4 Å². The number of benzene rings is 2. The van der Waals surface area contributed by atoms with E-state index in [1.165, 1.54) is 17.0 Å². The predicted octanol–water partition coefficient (Wildman–Crippen LogP) is 2.30. The highest BCUT2D eigenvalue weighted by atomic mass is 32.2. The molecule has 1 amide bonds. The zero-order valence-electron chi connectivity index (χ0n) is 13.5. The van der Waals surface area contributed by atoms with Gasteiger partial charge in [0.2, 0.25) is 5.91 Å². The lowest BCUT2D eigenvalue weighted by Crippen LogP contribution is -2.32. The van der Waals surface area contributed by atoms with Gasteiger partial charge in [-0.3, -0.25) is 4.79 Å².